The molecule has 1 aromatic carbocycles. The number of fused-ring (bicyclic) bond motifs is 1. The highest BCUT2D eigenvalue weighted by molar-refractivity contribution is 5.58. The van der Waals surface area contributed by atoms with Crippen LogP contribution in [0.25, 0.3) is 0 Å². The number of anilines is 1. The minimum atomic E-state index is -0.300. The standard InChI is InChI=1S/C16H25N3O2/c1-3-5-9-18-11-10-17(8-4-2)13-14-12-15(19(20)21)6-7-16(14)18/h6-7,12H,3-5,8-11,13H2,1-2H3. The van der Waals surface area contributed by atoms with Crippen LogP contribution in [0.2, 0.25) is 0 Å². The van der Waals surface area contributed by atoms with Gasteiger partial charge in [0, 0.05) is 44.0 Å². The van der Waals surface area contributed by atoms with Crippen molar-refractivity contribution in [3.8, 4) is 0 Å². The normalized spacial score (nSPS) is 15.6. The SMILES string of the molecule is CCCCN1CCN(CCC)Cc2cc([N+](=O)[O-])ccc21. The Hall–Kier alpha value is -1.62. The lowest BCUT2D eigenvalue weighted by Crippen LogP contribution is -2.32. The summed E-state index contributed by atoms with van der Waals surface area (Å²) in [5.74, 6) is 0. The molecule has 21 heavy (non-hydrogen) atoms. The molecule has 1 aliphatic rings. The van der Waals surface area contributed by atoms with Crippen molar-refractivity contribution in [2.24, 2.45) is 0 Å². The molecule has 0 N–H and O–H groups in total. The molecule has 116 valence electrons. The van der Waals surface area contributed by atoms with Crippen molar-refractivity contribution < 1.29 is 4.92 Å². The quantitative estimate of drug-likeness (QED) is 0.595. The molecule has 0 atom stereocenters. The maximum atomic E-state index is 11.0. The lowest BCUT2D eigenvalue weighted by Gasteiger charge is -2.24. The van der Waals surface area contributed by atoms with Gasteiger partial charge < -0.3 is 4.90 Å². The van der Waals surface area contributed by atoms with Gasteiger partial charge in [0.15, 0.2) is 0 Å². The van der Waals surface area contributed by atoms with Crippen LogP contribution in [0.3, 0.4) is 0 Å². The van der Waals surface area contributed by atoms with Gasteiger partial charge in [-0.1, -0.05) is 20.3 Å². The van der Waals surface area contributed by atoms with Gasteiger partial charge in [-0.3, -0.25) is 15.0 Å². The molecule has 0 aliphatic carbocycles. The Morgan fingerprint density at radius 2 is 2.00 bits per heavy atom. The van der Waals surface area contributed by atoms with Gasteiger partial charge in [-0.25, -0.2) is 0 Å². The van der Waals surface area contributed by atoms with E-state index in [0.29, 0.717) is 0 Å². The minimum absolute atomic E-state index is 0.197. The second-order valence-corrected chi connectivity index (χ2v) is 5.69. The third-order valence-corrected chi connectivity index (χ3v) is 4.02. The van der Waals surface area contributed by atoms with E-state index in [2.05, 4.69) is 23.6 Å². The number of unbranched alkanes of at least 4 members (excludes halogenated alkanes) is 1. The van der Waals surface area contributed by atoms with Crippen LogP contribution >= 0.6 is 0 Å². The van der Waals surface area contributed by atoms with E-state index in [1.807, 2.05) is 6.07 Å². The summed E-state index contributed by atoms with van der Waals surface area (Å²) >= 11 is 0. The molecule has 0 amide bonds. The van der Waals surface area contributed by atoms with E-state index in [1.165, 1.54) is 5.69 Å². The molecule has 1 heterocycles. The summed E-state index contributed by atoms with van der Waals surface area (Å²) in [4.78, 5) is 15.5. The fourth-order valence-electron chi connectivity index (χ4n) is 2.91. The topological polar surface area (TPSA) is 49.6 Å². The third-order valence-electron chi connectivity index (χ3n) is 4.02. The summed E-state index contributed by atoms with van der Waals surface area (Å²) in [6.07, 6.45) is 3.43. The Bertz CT molecular complexity index is 490. The van der Waals surface area contributed by atoms with Crippen LogP contribution < -0.4 is 4.90 Å². The number of benzene rings is 1. The zero-order chi connectivity index (χ0) is 15.2. The van der Waals surface area contributed by atoms with E-state index in [4.69, 9.17) is 0 Å². The molecule has 5 nitrogen and oxygen atoms in total. The summed E-state index contributed by atoms with van der Waals surface area (Å²) in [5.41, 5.74) is 2.46. The fraction of sp³-hybridized carbons (Fsp3) is 0.625. The van der Waals surface area contributed by atoms with Crippen molar-refractivity contribution in [1.29, 1.82) is 0 Å². The molecule has 1 aliphatic heterocycles. The van der Waals surface area contributed by atoms with E-state index in [9.17, 15) is 10.1 Å². The van der Waals surface area contributed by atoms with Gasteiger partial charge in [0.2, 0.25) is 0 Å². The molecule has 0 spiro atoms. The molecular formula is C16H25N3O2. The van der Waals surface area contributed by atoms with Crippen molar-refractivity contribution in [3.05, 3.63) is 33.9 Å². The zero-order valence-corrected chi connectivity index (χ0v) is 13.0. The Labute approximate surface area is 126 Å². The van der Waals surface area contributed by atoms with Gasteiger partial charge >= 0.3 is 0 Å². The van der Waals surface area contributed by atoms with Gasteiger partial charge in [-0.15, -0.1) is 0 Å². The predicted molar refractivity (Wildman–Crippen MR) is 85.8 cm³/mol. The molecule has 0 saturated heterocycles. The maximum absolute atomic E-state index is 11.0. The van der Waals surface area contributed by atoms with Crippen molar-refractivity contribution in [1.82, 2.24) is 4.90 Å². The minimum Gasteiger partial charge on any atom is -0.370 e. The Kier molecular flexibility index (Phi) is 5.56. The van der Waals surface area contributed by atoms with Crippen LogP contribution in [-0.2, 0) is 6.54 Å². The molecule has 2 rings (SSSR count). The lowest BCUT2D eigenvalue weighted by molar-refractivity contribution is -0.384. The monoisotopic (exact) mass is 291 g/mol. The fourth-order valence-corrected chi connectivity index (χ4v) is 2.91. The number of rotatable bonds is 6. The smallest absolute Gasteiger partial charge is 0.269 e. The van der Waals surface area contributed by atoms with E-state index >= 15 is 0 Å². The summed E-state index contributed by atoms with van der Waals surface area (Å²) in [6.45, 7) is 9.29. The summed E-state index contributed by atoms with van der Waals surface area (Å²) < 4.78 is 0. The van der Waals surface area contributed by atoms with Crippen LogP contribution in [-0.4, -0.2) is 36.0 Å². The first-order valence-electron chi connectivity index (χ1n) is 7.90. The van der Waals surface area contributed by atoms with E-state index in [1.54, 1.807) is 12.1 Å². The van der Waals surface area contributed by atoms with E-state index < -0.39 is 0 Å². The number of nitrogens with zero attached hydrogens (tertiary/aromatic N) is 3. The van der Waals surface area contributed by atoms with Crippen LogP contribution in [0.4, 0.5) is 11.4 Å². The van der Waals surface area contributed by atoms with Gasteiger partial charge in [-0.05, 0) is 31.0 Å². The van der Waals surface area contributed by atoms with Crippen molar-refractivity contribution in [2.75, 3.05) is 31.1 Å². The number of nitro benzene ring substituents is 1. The Morgan fingerprint density at radius 3 is 2.67 bits per heavy atom. The van der Waals surface area contributed by atoms with Gasteiger partial charge in [0.25, 0.3) is 5.69 Å². The predicted octanol–water partition coefficient (Wildman–Crippen LogP) is 3.43. The first-order valence-corrected chi connectivity index (χ1v) is 7.90. The van der Waals surface area contributed by atoms with Gasteiger partial charge in [0.05, 0.1) is 4.92 Å². The van der Waals surface area contributed by atoms with Crippen molar-refractivity contribution >= 4 is 11.4 Å². The highest BCUT2D eigenvalue weighted by Crippen LogP contribution is 2.29. The third kappa shape index (κ3) is 3.94. The highest BCUT2D eigenvalue weighted by Gasteiger charge is 2.21. The van der Waals surface area contributed by atoms with Crippen LogP contribution in [0.15, 0.2) is 18.2 Å². The van der Waals surface area contributed by atoms with Crippen molar-refractivity contribution in [2.45, 2.75) is 39.7 Å². The van der Waals surface area contributed by atoms with Gasteiger partial charge in [0.1, 0.15) is 0 Å². The molecular weight excluding hydrogens is 266 g/mol. The molecule has 1 aromatic rings. The number of non-ortho nitro benzene ring substituents is 1. The molecule has 0 unspecified atom stereocenters. The molecule has 0 saturated carbocycles. The van der Waals surface area contributed by atoms with Crippen LogP contribution in [0.5, 0.6) is 0 Å². The van der Waals surface area contributed by atoms with E-state index in [0.717, 1.165) is 57.5 Å². The number of hydrogen-bond acceptors (Lipinski definition) is 4. The molecule has 0 aromatic heterocycles. The first-order chi connectivity index (χ1) is 10.2. The lowest BCUT2D eigenvalue weighted by atomic mass is 10.1. The summed E-state index contributed by atoms with van der Waals surface area (Å²) in [6, 6.07) is 5.31. The molecule has 0 radical (unpaired) electrons. The summed E-state index contributed by atoms with van der Waals surface area (Å²) in [5, 5.41) is 11.0. The zero-order valence-electron chi connectivity index (χ0n) is 13.0. The van der Waals surface area contributed by atoms with Crippen molar-refractivity contribution in [3.63, 3.8) is 0 Å². The van der Waals surface area contributed by atoms with E-state index in [-0.39, 0.29) is 10.6 Å². The summed E-state index contributed by atoms with van der Waals surface area (Å²) in [7, 11) is 0. The Balaban J connectivity index is 2.29. The number of nitro groups is 1. The molecule has 5 heteroatoms. The average molecular weight is 291 g/mol. The molecule has 0 fully saturated rings. The largest absolute Gasteiger partial charge is 0.370 e. The molecule has 0 bridgehead atoms. The second kappa shape index (κ2) is 7.41. The first kappa shape index (κ1) is 15.8. The number of hydrogen-bond donors (Lipinski definition) is 0. The Morgan fingerprint density at radius 1 is 1.19 bits per heavy atom. The van der Waals surface area contributed by atoms with Gasteiger partial charge in [-0.2, -0.15) is 0 Å². The average Bonchev–Trinajstić information content (AvgIpc) is 2.64. The van der Waals surface area contributed by atoms with Crippen LogP contribution in [0.1, 0.15) is 38.7 Å². The highest BCUT2D eigenvalue weighted by atomic mass is 16.6. The van der Waals surface area contributed by atoms with Crippen LogP contribution in [0, 0.1) is 10.1 Å². The second-order valence-electron chi connectivity index (χ2n) is 5.69. The maximum Gasteiger partial charge on any atom is 0.269 e.